The first-order valence-electron chi connectivity index (χ1n) is 4.07. The van der Waals surface area contributed by atoms with Gasteiger partial charge in [-0.05, 0) is 24.6 Å². The molecule has 1 aliphatic rings. The zero-order valence-electron chi connectivity index (χ0n) is 6.60. The third-order valence-electron chi connectivity index (χ3n) is 2.19. The number of nitrogens with two attached hydrogens (primary N) is 1. The molecule has 64 valence electrons. The molecule has 1 fully saturated rings. The molecule has 1 saturated carbocycles. The summed E-state index contributed by atoms with van der Waals surface area (Å²) in [6.07, 6.45) is 5.42. The van der Waals surface area contributed by atoms with Gasteiger partial charge in [0, 0.05) is 6.54 Å². The Bertz CT molecular complexity index is 134. The van der Waals surface area contributed by atoms with E-state index in [9.17, 15) is 0 Å². The molecule has 0 saturated heterocycles. The Morgan fingerprint density at radius 1 is 1.55 bits per heavy atom. The van der Waals surface area contributed by atoms with Gasteiger partial charge in [0.15, 0.2) is 5.11 Å². The highest BCUT2D eigenvalue weighted by Crippen LogP contribution is 2.28. The maximum absolute atomic E-state index is 5.08. The van der Waals surface area contributed by atoms with Crippen LogP contribution in [0.25, 0.3) is 0 Å². The van der Waals surface area contributed by atoms with Crippen molar-refractivity contribution in [1.29, 1.82) is 0 Å². The summed E-state index contributed by atoms with van der Waals surface area (Å²) in [7, 11) is 0. The van der Waals surface area contributed by atoms with E-state index in [2.05, 4.69) is 10.7 Å². The van der Waals surface area contributed by atoms with Crippen molar-refractivity contribution in [3.05, 3.63) is 0 Å². The SMILES string of the molecule is NNC(=S)NCCC1CCC1. The van der Waals surface area contributed by atoms with Gasteiger partial charge in [0.25, 0.3) is 0 Å². The van der Waals surface area contributed by atoms with Crippen molar-refractivity contribution in [1.82, 2.24) is 10.7 Å². The molecule has 0 aromatic carbocycles. The van der Waals surface area contributed by atoms with Crippen molar-refractivity contribution < 1.29 is 0 Å². The largest absolute Gasteiger partial charge is 0.362 e. The minimum absolute atomic E-state index is 0.546. The van der Waals surface area contributed by atoms with Crippen molar-refractivity contribution in [3.8, 4) is 0 Å². The molecule has 0 aliphatic heterocycles. The smallest absolute Gasteiger partial charge is 0.180 e. The van der Waals surface area contributed by atoms with E-state index in [0.29, 0.717) is 5.11 Å². The highest BCUT2D eigenvalue weighted by molar-refractivity contribution is 7.80. The lowest BCUT2D eigenvalue weighted by atomic mass is 9.83. The quantitative estimate of drug-likeness (QED) is 0.331. The minimum Gasteiger partial charge on any atom is -0.362 e. The predicted molar refractivity (Wildman–Crippen MR) is 49.9 cm³/mol. The van der Waals surface area contributed by atoms with E-state index >= 15 is 0 Å². The Hall–Kier alpha value is -0.350. The average Bonchev–Trinajstić information content (AvgIpc) is 1.94. The second-order valence-electron chi connectivity index (χ2n) is 2.99. The molecular formula is C7H15N3S. The Morgan fingerprint density at radius 2 is 2.27 bits per heavy atom. The van der Waals surface area contributed by atoms with Crippen molar-refractivity contribution >= 4 is 17.3 Å². The monoisotopic (exact) mass is 173 g/mol. The number of thiocarbonyl (C=S) groups is 1. The van der Waals surface area contributed by atoms with E-state index in [4.69, 9.17) is 18.1 Å². The van der Waals surface area contributed by atoms with Crippen LogP contribution in [-0.4, -0.2) is 11.7 Å². The lowest BCUT2D eigenvalue weighted by molar-refractivity contribution is 0.297. The fraction of sp³-hybridized carbons (Fsp3) is 0.857. The maximum Gasteiger partial charge on any atom is 0.180 e. The average molecular weight is 173 g/mol. The Labute approximate surface area is 72.7 Å². The van der Waals surface area contributed by atoms with Crippen LogP contribution in [0.2, 0.25) is 0 Å². The Morgan fingerprint density at radius 3 is 2.73 bits per heavy atom. The minimum atomic E-state index is 0.546. The molecule has 0 aromatic heterocycles. The highest BCUT2D eigenvalue weighted by atomic mass is 32.1. The number of nitrogens with one attached hydrogen (secondary N) is 2. The molecule has 1 aliphatic carbocycles. The summed E-state index contributed by atoms with van der Waals surface area (Å²) >= 11 is 4.81. The first-order chi connectivity index (χ1) is 5.33. The van der Waals surface area contributed by atoms with Crippen LogP contribution in [0.15, 0.2) is 0 Å². The van der Waals surface area contributed by atoms with E-state index in [1.54, 1.807) is 0 Å². The third-order valence-corrected chi connectivity index (χ3v) is 2.46. The summed E-state index contributed by atoms with van der Waals surface area (Å²) < 4.78 is 0. The van der Waals surface area contributed by atoms with Crippen LogP contribution >= 0.6 is 12.2 Å². The van der Waals surface area contributed by atoms with E-state index in [1.807, 2.05) is 0 Å². The lowest BCUT2D eigenvalue weighted by Gasteiger charge is -2.25. The van der Waals surface area contributed by atoms with Gasteiger partial charge in [-0.15, -0.1) is 0 Å². The van der Waals surface area contributed by atoms with Gasteiger partial charge in [0.05, 0.1) is 0 Å². The van der Waals surface area contributed by atoms with Gasteiger partial charge in [-0.3, -0.25) is 0 Å². The zero-order chi connectivity index (χ0) is 8.10. The third kappa shape index (κ3) is 3.03. The zero-order valence-corrected chi connectivity index (χ0v) is 7.41. The molecule has 0 bridgehead atoms. The molecule has 0 spiro atoms. The molecule has 1 rings (SSSR count). The van der Waals surface area contributed by atoms with E-state index in [0.717, 1.165) is 12.5 Å². The summed E-state index contributed by atoms with van der Waals surface area (Å²) in [5.74, 6) is 6.02. The number of rotatable bonds is 3. The maximum atomic E-state index is 5.08. The Balaban J connectivity index is 1.90. The predicted octanol–water partition coefficient (Wildman–Crippen LogP) is 0.514. The van der Waals surface area contributed by atoms with Crippen LogP contribution in [0.4, 0.5) is 0 Å². The number of hydrogen-bond acceptors (Lipinski definition) is 2. The topological polar surface area (TPSA) is 50.1 Å². The first kappa shape index (κ1) is 8.74. The second-order valence-corrected chi connectivity index (χ2v) is 3.39. The van der Waals surface area contributed by atoms with Crippen molar-refractivity contribution in [2.24, 2.45) is 11.8 Å². The molecule has 0 atom stereocenters. The van der Waals surface area contributed by atoms with Gasteiger partial charge >= 0.3 is 0 Å². The van der Waals surface area contributed by atoms with Crippen molar-refractivity contribution in [3.63, 3.8) is 0 Å². The molecular weight excluding hydrogens is 158 g/mol. The van der Waals surface area contributed by atoms with Crippen molar-refractivity contribution in [2.45, 2.75) is 25.7 Å². The molecule has 0 radical (unpaired) electrons. The first-order valence-corrected chi connectivity index (χ1v) is 4.48. The summed E-state index contributed by atoms with van der Waals surface area (Å²) in [6, 6.07) is 0. The molecule has 0 amide bonds. The standard InChI is InChI=1S/C7H15N3S/c8-10-7(11)9-5-4-6-2-1-3-6/h6H,1-5,8H2,(H2,9,10,11). The molecule has 0 aromatic rings. The van der Waals surface area contributed by atoms with E-state index in [1.165, 1.54) is 25.7 Å². The summed E-state index contributed by atoms with van der Waals surface area (Å²) in [4.78, 5) is 0. The number of hydrazine groups is 1. The van der Waals surface area contributed by atoms with Gasteiger partial charge in [-0.1, -0.05) is 19.3 Å². The Kier molecular flexibility index (Phi) is 3.59. The van der Waals surface area contributed by atoms with Crippen LogP contribution in [0.1, 0.15) is 25.7 Å². The molecule has 0 heterocycles. The molecule has 11 heavy (non-hydrogen) atoms. The number of hydrogen-bond donors (Lipinski definition) is 3. The summed E-state index contributed by atoms with van der Waals surface area (Å²) in [6.45, 7) is 0.952. The molecule has 3 nitrogen and oxygen atoms in total. The fourth-order valence-corrected chi connectivity index (χ4v) is 1.32. The second kappa shape index (κ2) is 4.51. The van der Waals surface area contributed by atoms with Crippen LogP contribution in [0, 0.1) is 5.92 Å². The van der Waals surface area contributed by atoms with Gasteiger partial charge in [-0.2, -0.15) is 0 Å². The van der Waals surface area contributed by atoms with E-state index < -0.39 is 0 Å². The molecule has 4 N–H and O–H groups in total. The van der Waals surface area contributed by atoms with Gasteiger partial charge in [0.1, 0.15) is 0 Å². The van der Waals surface area contributed by atoms with Crippen molar-refractivity contribution in [2.75, 3.05) is 6.54 Å². The highest BCUT2D eigenvalue weighted by Gasteiger charge is 2.16. The van der Waals surface area contributed by atoms with Crippen LogP contribution in [0.3, 0.4) is 0 Å². The summed E-state index contributed by atoms with van der Waals surface area (Å²) in [5, 5.41) is 3.57. The fourth-order valence-electron chi connectivity index (χ4n) is 1.22. The van der Waals surface area contributed by atoms with Crippen LogP contribution in [-0.2, 0) is 0 Å². The van der Waals surface area contributed by atoms with Gasteiger partial charge in [-0.25, -0.2) is 5.84 Å². The van der Waals surface area contributed by atoms with Gasteiger partial charge < -0.3 is 10.7 Å². The van der Waals surface area contributed by atoms with Crippen LogP contribution in [0.5, 0.6) is 0 Å². The van der Waals surface area contributed by atoms with Crippen LogP contribution < -0.4 is 16.6 Å². The van der Waals surface area contributed by atoms with E-state index in [-0.39, 0.29) is 0 Å². The molecule has 4 heteroatoms. The summed E-state index contributed by atoms with van der Waals surface area (Å²) in [5.41, 5.74) is 2.40. The molecule has 0 unspecified atom stereocenters. The normalized spacial score (nSPS) is 17.2. The lowest BCUT2D eigenvalue weighted by Crippen LogP contribution is -2.40. The van der Waals surface area contributed by atoms with Gasteiger partial charge in [0.2, 0.25) is 0 Å².